The first-order valence-corrected chi connectivity index (χ1v) is 8.39. The summed E-state index contributed by atoms with van der Waals surface area (Å²) in [5.41, 5.74) is 0. The van der Waals surface area contributed by atoms with Crippen LogP contribution in [0.25, 0.3) is 0 Å². The number of Topliss-reactive ketones (excluding diaryl/α,β-unsaturated/α-hetero) is 1. The van der Waals surface area contributed by atoms with Gasteiger partial charge in [-0.25, -0.2) is 12.7 Å². The van der Waals surface area contributed by atoms with Crippen molar-refractivity contribution in [1.29, 1.82) is 0 Å². The maximum atomic E-state index is 11.7. The van der Waals surface area contributed by atoms with E-state index >= 15 is 0 Å². The fourth-order valence-corrected chi connectivity index (χ4v) is 3.32. The van der Waals surface area contributed by atoms with Crippen molar-refractivity contribution in [3.05, 3.63) is 0 Å². The molecule has 1 rings (SSSR count). The van der Waals surface area contributed by atoms with Crippen LogP contribution in [-0.4, -0.2) is 51.4 Å². The second-order valence-electron chi connectivity index (χ2n) is 5.08. The maximum absolute atomic E-state index is 11.7. The molecule has 1 unspecified atom stereocenters. The largest absolute Gasteiger partial charge is 0.320 e. The van der Waals surface area contributed by atoms with Gasteiger partial charge >= 0.3 is 0 Å². The number of carbonyl (C=O) groups excluding carboxylic acids is 1. The summed E-state index contributed by atoms with van der Waals surface area (Å²) >= 11 is 0. The molecule has 1 atom stereocenters. The standard InChI is InChI=1S/C12H24N2O3S/c1-13-7-3-6-12(15)9-11-5-4-8-14(10-11)18(2,16)17/h11,13H,3-10H2,1-2H3. The van der Waals surface area contributed by atoms with E-state index in [1.165, 1.54) is 10.6 Å². The molecule has 0 aromatic carbocycles. The molecule has 0 spiro atoms. The van der Waals surface area contributed by atoms with E-state index < -0.39 is 10.0 Å². The van der Waals surface area contributed by atoms with Crippen molar-refractivity contribution in [2.75, 3.05) is 32.9 Å². The molecule has 1 saturated heterocycles. The third-order valence-corrected chi connectivity index (χ3v) is 4.62. The molecule has 0 aromatic heterocycles. The number of piperidine rings is 1. The molecule has 1 heterocycles. The van der Waals surface area contributed by atoms with Crippen molar-refractivity contribution in [3.8, 4) is 0 Å². The van der Waals surface area contributed by atoms with Gasteiger partial charge in [-0.2, -0.15) is 0 Å². The van der Waals surface area contributed by atoms with Crippen molar-refractivity contribution in [3.63, 3.8) is 0 Å². The van der Waals surface area contributed by atoms with Crippen LogP contribution in [0.2, 0.25) is 0 Å². The van der Waals surface area contributed by atoms with Crippen LogP contribution in [0.1, 0.15) is 32.1 Å². The molecule has 1 N–H and O–H groups in total. The van der Waals surface area contributed by atoms with Crippen molar-refractivity contribution in [2.24, 2.45) is 5.92 Å². The fraction of sp³-hybridized carbons (Fsp3) is 0.917. The third-order valence-electron chi connectivity index (χ3n) is 3.35. The Kier molecular flexibility index (Phi) is 6.25. The molecule has 0 amide bonds. The van der Waals surface area contributed by atoms with Gasteiger partial charge in [-0.15, -0.1) is 0 Å². The number of hydrogen-bond acceptors (Lipinski definition) is 4. The zero-order valence-electron chi connectivity index (χ0n) is 11.3. The zero-order valence-corrected chi connectivity index (χ0v) is 12.1. The minimum absolute atomic E-state index is 0.204. The SMILES string of the molecule is CNCCCC(=O)CC1CCCN(S(C)(=O)=O)C1. The van der Waals surface area contributed by atoms with Gasteiger partial charge in [0, 0.05) is 25.9 Å². The maximum Gasteiger partial charge on any atom is 0.211 e. The highest BCUT2D eigenvalue weighted by molar-refractivity contribution is 7.88. The van der Waals surface area contributed by atoms with E-state index in [9.17, 15) is 13.2 Å². The Morgan fingerprint density at radius 1 is 1.44 bits per heavy atom. The summed E-state index contributed by atoms with van der Waals surface area (Å²) in [6.45, 7) is 1.96. The van der Waals surface area contributed by atoms with Gasteiger partial charge in [-0.1, -0.05) is 0 Å². The summed E-state index contributed by atoms with van der Waals surface area (Å²) in [6.07, 6.45) is 5.04. The quantitative estimate of drug-likeness (QED) is 0.692. The molecular weight excluding hydrogens is 252 g/mol. The first kappa shape index (κ1) is 15.6. The average Bonchev–Trinajstić information content (AvgIpc) is 2.28. The lowest BCUT2D eigenvalue weighted by Crippen LogP contribution is -2.39. The van der Waals surface area contributed by atoms with Gasteiger partial charge in [-0.3, -0.25) is 4.79 Å². The molecule has 1 aliphatic heterocycles. The minimum Gasteiger partial charge on any atom is -0.320 e. The lowest BCUT2D eigenvalue weighted by molar-refractivity contribution is -0.120. The Hall–Kier alpha value is -0.460. The molecule has 0 aliphatic carbocycles. The van der Waals surface area contributed by atoms with Crippen LogP contribution in [0.4, 0.5) is 0 Å². The zero-order chi connectivity index (χ0) is 13.6. The summed E-state index contributed by atoms with van der Waals surface area (Å²) < 4.78 is 24.4. The van der Waals surface area contributed by atoms with E-state index in [0.717, 1.165) is 25.8 Å². The van der Waals surface area contributed by atoms with Crippen LogP contribution in [0.5, 0.6) is 0 Å². The van der Waals surface area contributed by atoms with Crippen molar-refractivity contribution in [1.82, 2.24) is 9.62 Å². The van der Waals surface area contributed by atoms with E-state index in [1.807, 2.05) is 7.05 Å². The number of sulfonamides is 1. The van der Waals surface area contributed by atoms with E-state index in [-0.39, 0.29) is 11.7 Å². The summed E-state index contributed by atoms with van der Waals surface area (Å²) in [5.74, 6) is 0.459. The normalized spacial score (nSPS) is 22.0. The highest BCUT2D eigenvalue weighted by Crippen LogP contribution is 2.22. The van der Waals surface area contributed by atoms with Gasteiger partial charge in [0.1, 0.15) is 5.78 Å². The van der Waals surface area contributed by atoms with Crippen LogP contribution in [0.3, 0.4) is 0 Å². The molecular formula is C12H24N2O3S. The van der Waals surface area contributed by atoms with Crippen molar-refractivity contribution in [2.45, 2.75) is 32.1 Å². The minimum atomic E-state index is -3.10. The second kappa shape index (κ2) is 7.21. The summed E-state index contributed by atoms with van der Waals surface area (Å²) in [4.78, 5) is 11.7. The van der Waals surface area contributed by atoms with E-state index in [1.54, 1.807) is 0 Å². The van der Waals surface area contributed by atoms with Gasteiger partial charge in [0.05, 0.1) is 6.26 Å². The van der Waals surface area contributed by atoms with Crippen LogP contribution >= 0.6 is 0 Å². The molecule has 1 aliphatic rings. The molecule has 0 saturated carbocycles. The molecule has 0 bridgehead atoms. The Morgan fingerprint density at radius 3 is 2.78 bits per heavy atom. The molecule has 0 radical (unpaired) electrons. The Balaban J connectivity index is 2.36. The number of nitrogens with one attached hydrogen (secondary N) is 1. The molecule has 1 fully saturated rings. The summed E-state index contributed by atoms with van der Waals surface area (Å²) in [7, 11) is -1.23. The molecule has 106 valence electrons. The lowest BCUT2D eigenvalue weighted by atomic mass is 9.93. The number of nitrogens with zero attached hydrogens (tertiary/aromatic N) is 1. The fourth-order valence-electron chi connectivity index (χ4n) is 2.38. The molecule has 5 nitrogen and oxygen atoms in total. The van der Waals surface area contributed by atoms with Crippen LogP contribution in [-0.2, 0) is 14.8 Å². The monoisotopic (exact) mass is 276 g/mol. The second-order valence-corrected chi connectivity index (χ2v) is 7.06. The van der Waals surface area contributed by atoms with Crippen LogP contribution in [0.15, 0.2) is 0 Å². The van der Waals surface area contributed by atoms with Crippen LogP contribution in [0, 0.1) is 5.92 Å². The van der Waals surface area contributed by atoms with Gasteiger partial charge in [0.25, 0.3) is 0 Å². The number of carbonyl (C=O) groups is 1. The van der Waals surface area contributed by atoms with E-state index in [2.05, 4.69) is 5.32 Å². The predicted octanol–water partition coefficient (Wildman–Crippen LogP) is 0.617. The first-order chi connectivity index (χ1) is 8.43. The summed E-state index contributed by atoms with van der Waals surface area (Å²) in [5, 5.41) is 3.01. The van der Waals surface area contributed by atoms with Gasteiger partial charge in [0.15, 0.2) is 0 Å². The van der Waals surface area contributed by atoms with Crippen LogP contribution < -0.4 is 5.32 Å². The number of rotatable bonds is 7. The highest BCUT2D eigenvalue weighted by atomic mass is 32.2. The summed E-state index contributed by atoms with van der Waals surface area (Å²) in [6, 6.07) is 0. The molecule has 18 heavy (non-hydrogen) atoms. The Bertz CT molecular complexity index is 368. The van der Waals surface area contributed by atoms with E-state index in [4.69, 9.17) is 0 Å². The topological polar surface area (TPSA) is 66.5 Å². The smallest absolute Gasteiger partial charge is 0.211 e. The predicted molar refractivity (Wildman–Crippen MR) is 71.9 cm³/mol. The van der Waals surface area contributed by atoms with Crippen molar-refractivity contribution >= 4 is 15.8 Å². The van der Waals surface area contributed by atoms with E-state index in [0.29, 0.717) is 25.9 Å². The first-order valence-electron chi connectivity index (χ1n) is 6.55. The van der Waals surface area contributed by atoms with Gasteiger partial charge in [-0.05, 0) is 38.8 Å². The van der Waals surface area contributed by atoms with Gasteiger partial charge < -0.3 is 5.32 Å². The highest BCUT2D eigenvalue weighted by Gasteiger charge is 2.26. The lowest BCUT2D eigenvalue weighted by Gasteiger charge is -2.30. The number of ketones is 1. The van der Waals surface area contributed by atoms with Gasteiger partial charge in [0.2, 0.25) is 10.0 Å². The average molecular weight is 276 g/mol. The number of hydrogen-bond donors (Lipinski definition) is 1. The molecule has 0 aromatic rings. The van der Waals surface area contributed by atoms with Crippen molar-refractivity contribution < 1.29 is 13.2 Å². The Labute approximate surface area is 110 Å². The molecule has 6 heteroatoms. The Morgan fingerprint density at radius 2 is 2.17 bits per heavy atom. The third kappa shape index (κ3) is 5.46.